The molecule has 1 atom stereocenters. The molecule has 0 saturated carbocycles. The molecule has 12 heteroatoms. The first-order chi connectivity index (χ1) is 18.8. The fourth-order valence-corrected chi connectivity index (χ4v) is 4.78. The summed E-state index contributed by atoms with van der Waals surface area (Å²) in [6.07, 6.45) is -3.40. The van der Waals surface area contributed by atoms with Gasteiger partial charge in [0.05, 0.1) is 11.6 Å². The van der Waals surface area contributed by atoms with Crippen molar-refractivity contribution in [3.63, 3.8) is 0 Å². The highest BCUT2D eigenvalue weighted by Gasteiger charge is 2.36. The molecule has 1 aliphatic heterocycles. The Hall–Kier alpha value is -4.51. The Morgan fingerprint density at radius 2 is 1.73 bits per heavy atom. The van der Waals surface area contributed by atoms with E-state index in [1.165, 1.54) is 42.1 Å². The number of rotatable bonds is 4. The molecule has 2 N–H and O–H groups in total. The van der Waals surface area contributed by atoms with Gasteiger partial charge in [0.1, 0.15) is 11.6 Å². The third kappa shape index (κ3) is 4.95. The molecule has 1 aromatic heterocycles. The number of pyridine rings is 1. The minimum atomic E-state index is -4.92. The molecule has 40 heavy (non-hydrogen) atoms. The lowest BCUT2D eigenvalue weighted by Crippen LogP contribution is -2.21. The zero-order valence-corrected chi connectivity index (χ0v) is 21.1. The predicted molar refractivity (Wildman–Crippen MR) is 137 cm³/mol. The van der Waals surface area contributed by atoms with Gasteiger partial charge in [0.2, 0.25) is 0 Å². The van der Waals surface area contributed by atoms with Gasteiger partial charge in [-0.05, 0) is 66.2 Å². The molecular formula is C28H17ClF5N3O3. The van der Waals surface area contributed by atoms with Gasteiger partial charge in [-0.15, -0.1) is 0 Å². The van der Waals surface area contributed by atoms with E-state index < -0.39 is 52.4 Å². The average molecular weight is 574 g/mol. The van der Waals surface area contributed by atoms with Crippen LogP contribution in [0.3, 0.4) is 0 Å². The zero-order valence-electron chi connectivity index (χ0n) is 20.4. The molecular weight excluding hydrogens is 557 g/mol. The monoisotopic (exact) mass is 573 g/mol. The standard InChI is InChI=1S/C28H17ClF5N3O3/c1-37-6-2-3-18(27(37)40)13-9-20-23(24(36-26(20)39)19-12-16(30)4-5-21(19)29)22(10-13)35-25(38)14-7-15(28(32,33)34)11-17(31)8-14/h2-12,24H,1H3,(H,35,38)(H,36,39). The highest BCUT2D eigenvalue weighted by molar-refractivity contribution is 6.31. The number of amides is 2. The Bertz CT molecular complexity index is 1770. The van der Waals surface area contributed by atoms with Gasteiger partial charge in [0.15, 0.2) is 0 Å². The SMILES string of the molecule is Cn1cccc(-c2cc(NC(=O)c3cc(F)cc(C(F)(F)F)c3)c3c(c2)C(=O)NC3c2cc(F)ccc2Cl)c1=O. The molecule has 2 heterocycles. The summed E-state index contributed by atoms with van der Waals surface area (Å²) in [7, 11) is 1.51. The van der Waals surface area contributed by atoms with Crippen LogP contribution in [0.25, 0.3) is 11.1 Å². The van der Waals surface area contributed by atoms with Gasteiger partial charge >= 0.3 is 6.18 Å². The highest BCUT2D eigenvalue weighted by Crippen LogP contribution is 2.41. The van der Waals surface area contributed by atoms with E-state index in [0.717, 1.165) is 12.1 Å². The fourth-order valence-electron chi connectivity index (χ4n) is 4.56. The van der Waals surface area contributed by atoms with Crippen LogP contribution in [-0.4, -0.2) is 16.4 Å². The van der Waals surface area contributed by atoms with Crippen LogP contribution in [0.1, 0.15) is 43.4 Å². The van der Waals surface area contributed by atoms with Crippen LogP contribution in [0, 0.1) is 11.6 Å². The normalized spacial score (nSPS) is 14.6. The number of fused-ring (bicyclic) bond motifs is 1. The third-order valence-corrected chi connectivity index (χ3v) is 6.77. The number of anilines is 1. The van der Waals surface area contributed by atoms with Crippen molar-refractivity contribution in [3.8, 4) is 11.1 Å². The largest absolute Gasteiger partial charge is 0.416 e. The summed E-state index contributed by atoms with van der Waals surface area (Å²) < 4.78 is 69.3. The van der Waals surface area contributed by atoms with Crippen molar-refractivity contribution < 1.29 is 31.5 Å². The lowest BCUT2D eigenvalue weighted by molar-refractivity contribution is -0.137. The molecule has 0 spiro atoms. The maximum Gasteiger partial charge on any atom is 0.416 e. The van der Waals surface area contributed by atoms with E-state index in [4.69, 9.17) is 11.6 Å². The Labute approximate surface area is 228 Å². The Morgan fingerprint density at radius 3 is 2.45 bits per heavy atom. The van der Waals surface area contributed by atoms with Gasteiger partial charge in [-0.2, -0.15) is 13.2 Å². The first-order valence-electron chi connectivity index (χ1n) is 11.6. The number of nitrogens with one attached hydrogen (secondary N) is 2. The molecule has 2 amide bonds. The number of aryl methyl sites for hydroxylation is 1. The Morgan fingerprint density at radius 1 is 0.975 bits per heavy atom. The van der Waals surface area contributed by atoms with Gasteiger partial charge in [-0.1, -0.05) is 11.6 Å². The maximum atomic E-state index is 14.1. The molecule has 6 nitrogen and oxygen atoms in total. The fraction of sp³-hybridized carbons (Fsp3) is 0.107. The molecule has 204 valence electrons. The molecule has 0 saturated heterocycles. The van der Waals surface area contributed by atoms with Crippen molar-refractivity contribution in [2.75, 3.05) is 5.32 Å². The molecule has 0 aliphatic carbocycles. The number of carbonyl (C=O) groups excluding carboxylic acids is 2. The van der Waals surface area contributed by atoms with Gasteiger partial charge in [-0.25, -0.2) is 8.78 Å². The summed E-state index contributed by atoms with van der Waals surface area (Å²) in [5.74, 6) is -3.69. The van der Waals surface area contributed by atoms with Gasteiger partial charge in [0, 0.05) is 51.8 Å². The Kier molecular flexibility index (Phi) is 6.70. The number of nitrogens with zero attached hydrogens (tertiary/aromatic N) is 1. The molecule has 3 aromatic carbocycles. The highest BCUT2D eigenvalue weighted by atomic mass is 35.5. The smallest absolute Gasteiger partial charge is 0.341 e. The van der Waals surface area contributed by atoms with Crippen LogP contribution < -0.4 is 16.2 Å². The topological polar surface area (TPSA) is 80.2 Å². The van der Waals surface area contributed by atoms with Crippen molar-refractivity contribution in [1.82, 2.24) is 9.88 Å². The number of alkyl halides is 3. The lowest BCUT2D eigenvalue weighted by Gasteiger charge is -2.19. The third-order valence-electron chi connectivity index (χ3n) is 6.43. The molecule has 5 rings (SSSR count). The predicted octanol–water partition coefficient (Wildman–Crippen LogP) is 6.09. The maximum absolute atomic E-state index is 14.1. The summed E-state index contributed by atoms with van der Waals surface area (Å²) in [4.78, 5) is 39.0. The van der Waals surface area contributed by atoms with E-state index in [1.54, 1.807) is 6.07 Å². The molecule has 0 radical (unpaired) electrons. The average Bonchev–Trinajstić information content (AvgIpc) is 3.22. The van der Waals surface area contributed by atoms with Crippen LogP contribution in [0.5, 0.6) is 0 Å². The number of hydrogen-bond acceptors (Lipinski definition) is 3. The molecule has 1 unspecified atom stereocenters. The summed E-state index contributed by atoms with van der Waals surface area (Å²) in [6.45, 7) is 0. The van der Waals surface area contributed by atoms with Crippen LogP contribution in [0.4, 0.5) is 27.6 Å². The van der Waals surface area contributed by atoms with E-state index in [-0.39, 0.29) is 44.6 Å². The van der Waals surface area contributed by atoms with E-state index in [2.05, 4.69) is 10.6 Å². The first kappa shape index (κ1) is 27.1. The summed E-state index contributed by atoms with van der Waals surface area (Å²) in [5, 5.41) is 5.21. The first-order valence-corrected chi connectivity index (χ1v) is 12.0. The minimum Gasteiger partial charge on any atom is -0.341 e. The van der Waals surface area contributed by atoms with E-state index in [9.17, 15) is 36.3 Å². The second-order valence-electron chi connectivity index (χ2n) is 9.08. The van der Waals surface area contributed by atoms with E-state index >= 15 is 0 Å². The summed E-state index contributed by atoms with van der Waals surface area (Å²) in [6, 6.07) is 9.64. The molecule has 1 aliphatic rings. The second kappa shape index (κ2) is 9.91. The lowest BCUT2D eigenvalue weighted by atomic mass is 9.92. The van der Waals surface area contributed by atoms with Gasteiger partial charge in [-0.3, -0.25) is 14.4 Å². The summed E-state index contributed by atoms with van der Waals surface area (Å²) in [5.41, 5.74) is -1.84. The van der Waals surface area contributed by atoms with Crippen molar-refractivity contribution in [3.05, 3.63) is 122 Å². The Balaban J connectivity index is 1.70. The number of carbonyl (C=O) groups is 2. The van der Waals surface area contributed by atoms with Crippen LogP contribution in [0.15, 0.2) is 71.7 Å². The van der Waals surface area contributed by atoms with Crippen molar-refractivity contribution in [2.45, 2.75) is 12.2 Å². The second-order valence-corrected chi connectivity index (χ2v) is 9.48. The van der Waals surface area contributed by atoms with E-state index in [1.807, 2.05) is 0 Å². The zero-order chi connectivity index (χ0) is 28.9. The van der Waals surface area contributed by atoms with E-state index in [0.29, 0.717) is 12.1 Å². The quantitative estimate of drug-likeness (QED) is 0.290. The van der Waals surface area contributed by atoms with Crippen molar-refractivity contribution in [1.29, 1.82) is 0 Å². The number of halogens is 6. The number of benzene rings is 3. The minimum absolute atomic E-state index is 0.0132. The van der Waals surface area contributed by atoms with Crippen LogP contribution >= 0.6 is 11.6 Å². The molecule has 0 bridgehead atoms. The van der Waals surface area contributed by atoms with Crippen molar-refractivity contribution >= 4 is 29.1 Å². The number of aromatic nitrogens is 1. The van der Waals surface area contributed by atoms with Crippen LogP contribution in [0.2, 0.25) is 5.02 Å². The van der Waals surface area contributed by atoms with Gasteiger partial charge in [0.25, 0.3) is 17.4 Å². The van der Waals surface area contributed by atoms with Gasteiger partial charge < -0.3 is 15.2 Å². The van der Waals surface area contributed by atoms with Crippen LogP contribution in [-0.2, 0) is 13.2 Å². The number of hydrogen-bond donors (Lipinski definition) is 2. The molecule has 0 fully saturated rings. The van der Waals surface area contributed by atoms with Crippen molar-refractivity contribution in [2.24, 2.45) is 7.05 Å². The molecule has 4 aromatic rings. The summed E-state index contributed by atoms with van der Waals surface area (Å²) >= 11 is 6.29.